The Bertz CT molecular complexity index is 389. The van der Waals surface area contributed by atoms with Gasteiger partial charge in [-0.2, -0.15) is 0 Å². The van der Waals surface area contributed by atoms with Gasteiger partial charge in [0.05, 0.1) is 6.61 Å². The van der Waals surface area contributed by atoms with Crippen LogP contribution in [0.4, 0.5) is 0 Å². The molecule has 0 unspecified atom stereocenters. The van der Waals surface area contributed by atoms with E-state index in [-0.39, 0.29) is 18.0 Å². The molecule has 1 aromatic rings. The van der Waals surface area contributed by atoms with Crippen molar-refractivity contribution in [3.63, 3.8) is 0 Å². The number of hydrogen-bond donors (Lipinski definition) is 1. The number of carboxylic acid groups (broad SMARTS) is 1. The maximum absolute atomic E-state index is 11.1. The molecule has 86 valence electrons. The first-order valence-corrected chi connectivity index (χ1v) is 5.01. The van der Waals surface area contributed by atoms with Crippen molar-refractivity contribution in [2.24, 2.45) is 0 Å². The van der Waals surface area contributed by atoms with Gasteiger partial charge in [0, 0.05) is 6.07 Å². The fourth-order valence-corrected chi connectivity index (χ4v) is 1.24. The molecule has 0 aromatic carbocycles. The molecule has 0 spiro atoms. The number of carbonyl (C=O) groups is 2. The van der Waals surface area contributed by atoms with E-state index in [2.05, 4.69) is 0 Å². The standard InChI is InChI=1S/C11H13NO4/c1-2-16-10(13)5-7-12-6-3-4-9(8-12)11(14)15/h3-4,6,8H,2,5,7H2,1H3/p+1. The zero-order chi connectivity index (χ0) is 12.0. The lowest BCUT2D eigenvalue weighted by atomic mass is 10.3. The van der Waals surface area contributed by atoms with Gasteiger partial charge in [-0.3, -0.25) is 4.79 Å². The third kappa shape index (κ3) is 3.68. The summed E-state index contributed by atoms with van der Waals surface area (Å²) in [7, 11) is 0. The molecule has 16 heavy (non-hydrogen) atoms. The quantitative estimate of drug-likeness (QED) is 0.588. The normalized spacial score (nSPS) is 9.81. The third-order valence-electron chi connectivity index (χ3n) is 1.98. The minimum absolute atomic E-state index is 0.200. The molecule has 0 saturated carbocycles. The number of pyridine rings is 1. The van der Waals surface area contributed by atoms with Crippen molar-refractivity contribution in [1.29, 1.82) is 0 Å². The highest BCUT2D eigenvalue weighted by molar-refractivity contribution is 5.86. The van der Waals surface area contributed by atoms with Crippen LogP contribution in [0.3, 0.4) is 0 Å². The summed E-state index contributed by atoms with van der Waals surface area (Å²) in [5.41, 5.74) is 0.200. The Balaban J connectivity index is 2.57. The smallest absolute Gasteiger partial charge is 0.341 e. The Hall–Kier alpha value is -1.91. The van der Waals surface area contributed by atoms with Gasteiger partial charge in [0.15, 0.2) is 18.9 Å². The summed E-state index contributed by atoms with van der Waals surface area (Å²) >= 11 is 0. The Morgan fingerprint density at radius 2 is 2.25 bits per heavy atom. The van der Waals surface area contributed by atoms with Gasteiger partial charge < -0.3 is 9.84 Å². The predicted octanol–water partition coefficient (Wildman–Crippen LogP) is 0.625. The second-order valence-corrected chi connectivity index (χ2v) is 3.19. The van der Waals surface area contributed by atoms with E-state index in [0.29, 0.717) is 13.2 Å². The third-order valence-corrected chi connectivity index (χ3v) is 1.98. The summed E-state index contributed by atoms with van der Waals surface area (Å²) in [6, 6.07) is 3.14. The van der Waals surface area contributed by atoms with E-state index >= 15 is 0 Å². The van der Waals surface area contributed by atoms with Crippen LogP contribution in [0, 0.1) is 0 Å². The summed E-state index contributed by atoms with van der Waals surface area (Å²) in [5, 5.41) is 8.77. The van der Waals surface area contributed by atoms with Crippen LogP contribution in [0.5, 0.6) is 0 Å². The van der Waals surface area contributed by atoms with Gasteiger partial charge in [-0.1, -0.05) is 0 Å². The lowest BCUT2D eigenvalue weighted by Crippen LogP contribution is -2.35. The number of nitrogens with zero attached hydrogens (tertiary/aromatic N) is 1. The molecule has 5 nitrogen and oxygen atoms in total. The Kier molecular flexibility index (Phi) is 4.44. The van der Waals surface area contributed by atoms with E-state index < -0.39 is 5.97 Å². The number of aromatic nitrogens is 1. The molecular weight excluding hydrogens is 210 g/mol. The second-order valence-electron chi connectivity index (χ2n) is 3.19. The fraction of sp³-hybridized carbons (Fsp3) is 0.364. The molecule has 1 rings (SSSR count). The average Bonchev–Trinajstić information content (AvgIpc) is 2.27. The van der Waals surface area contributed by atoms with Gasteiger partial charge in [-0.05, 0) is 13.0 Å². The maximum atomic E-state index is 11.1. The lowest BCUT2D eigenvalue weighted by molar-refractivity contribution is -0.696. The number of carbonyl (C=O) groups excluding carboxylic acids is 1. The van der Waals surface area contributed by atoms with Crippen LogP contribution in [0.25, 0.3) is 0 Å². The number of carboxylic acids is 1. The first-order valence-electron chi connectivity index (χ1n) is 5.01. The molecule has 0 amide bonds. The van der Waals surface area contributed by atoms with Crippen molar-refractivity contribution in [2.45, 2.75) is 19.9 Å². The topological polar surface area (TPSA) is 67.5 Å². The number of aryl methyl sites for hydroxylation is 1. The number of aromatic carboxylic acids is 1. The van der Waals surface area contributed by atoms with E-state index in [1.165, 1.54) is 12.3 Å². The zero-order valence-corrected chi connectivity index (χ0v) is 9.05. The minimum Gasteiger partial charge on any atom is -0.477 e. The molecule has 0 atom stereocenters. The van der Waals surface area contributed by atoms with Gasteiger partial charge in [0.1, 0.15) is 12.0 Å². The van der Waals surface area contributed by atoms with Crippen molar-refractivity contribution in [2.75, 3.05) is 6.61 Å². The molecule has 1 heterocycles. The van der Waals surface area contributed by atoms with Gasteiger partial charge in [0.2, 0.25) is 0 Å². The molecule has 0 radical (unpaired) electrons. The Labute approximate surface area is 93.3 Å². The molecule has 0 aliphatic carbocycles. The van der Waals surface area contributed by atoms with Crippen LogP contribution in [-0.2, 0) is 16.1 Å². The molecule has 0 aliphatic rings. The lowest BCUT2D eigenvalue weighted by Gasteiger charge is -1.99. The summed E-state index contributed by atoms with van der Waals surface area (Å²) in [4.78, 5) is 21.8. The van der Waals surface area contributed by atoms with Gasteiger partial charge in [0.25, 0.3) is 0 Å². The fourth-order valence-electron chi connectivity index (χ4n) is 1.24. The van der Waals surface area contributed by atoms with Crippen molar-refractivity contribution < 1.29 is 24.0 Å². The van der Waals surface area contributed by atoms with E-state index in [0.717, 1.165) is 0 Å². The average molecular weight is 224 g/mol. The first kappa shape index (κ1) is 12.2. The molecular formula is C11H14NO4+. The summed E-state index contributed by atoms with van der Waals surface area (Å²) in [6.07, 6.45) is 3.44. The van der Waals surface area contributed by atoms with Crippen LogP contribution in [-0.4, -0.2) is 23.7 Å². The van der Waals surface area contributed by atoms with Crippen molar-refractivity contribution >= 4 is 11.9 Å². The number of hydrogen-bond acceptors (Lipinski definition) is 3. The molecule has 1 N–H and O–H groups in total. The van der Waals surface area contributed by atoms with Crippen molar-refractivity contribution in [3.8, 4) is 0 Å². The zero-order valence-electron chi connectivity index (χ0n) is 9.05. The molecule has 0 aliphatic heterocycles. The van der Waals surface area contributed by atoms with Gasteiger partial charge in [-0.15, -0.1) is 0 Å². The van der Waals surface area contributed by atoms with Crippen molar-refractivity contribution in [3.05, 3.63) is 30.1 Å². The van der Waals surface area contributed by atoms with E-state index in [1.807, 2.05) is 0 Å². The Morgan fingerprint density at radius 1 is 1.50 bits per heavy atom. The molecule has 0 bridgehead atoms. The predicted molar refractivity (Wildman–Crippen MR) is 54.8 cm³/mol. The maximum Gasteiger partial charge on any atom is 0.341 e. The highest BCUT2D eigenvalue weighted by Crippen LogP contribution is 1.94. The van der Waals surface area contributed by atoms with E-state index in [1.54, 1.807) is 23.8 Å². The SMILES string of the molecule is CCOC(=O)CC[n+]1cccc(C(=O)O)c1. The molecule has 0 saturated heterocycles. The summed E-state index contributed by atoms with van der Waals surface area (Å²) in [6.45, 7) is 2.52. The van der Waals surface area contributed by atoms with Crippen LogP contribution >= 0.6 is 0 Å². The van der Waals surface area contributed by atoms with Crippen LogP contribution < -0.4 is 4.57 Å². The molecule has 0 fully saturated rings. The largest absolute Gasteiger partial charge is 0.477 e. The van der Waals surface area contributed by atoms with Crippen LogP contribution in [0.1, 0.15) is 23.7 Å². The van der Waals surface area contributed by atoms with E-state index in [4.69, 9.17) is 9.84 Å². The number of ether oxygens (including phenoxy) is 1. The van der Waals surface area contributed by atoms with Crippen LogP contribution in [0.2, 0.25) is 0 Å². The van der Waals surface area contributed by atoms with Gasteiger partial charge >= 0.3 is 11.9 Å². The number of esters is 1. The highest BCUT2D eigenvalue weighted by Gasteiger charge is 2.10. The summed E-state index contributed by atoms with van der Waals surface area (Å²) in [5.74, 6) is -1.26. The monoisotopic (exact) mass is 224 g/mol. The van der Waals surface area contributed by atoms with Crippen LogP contribution in [0.15, 0.2) is 24.5 Å². The van der Waals surface area contributed by atoms with Crippen molar-refractivity contribution in [1.82, 2.24) is 0 Å². The van der Waals surface area contributed by atoms with E-state index in [9.17, 15) is 9.59 Å². The van der Waals surface area contributed by atoms with Gasteiger partial charge in [-0.25, -0.2) is 9.36 Å². The second kappa shape index (κ2) is 5.85. The molecule has 1 aromatic heterocycles. The minimum atomic E-state index is -0.981. The Morgan fingerprint density at radius 3 is 2.88 bits per heavy atom. The molecule has 5 heteroatoms. The number of rotatable bonds is 5. The highest BCUT2D eigenvalue weighted by atomic mass is 16.5. The summed E-state index contributed by atoms with van der Waals surface area (Å²) < 4.78 is 6.43. The first-order chi connectivity index (χ1) is 7.63.